The molecule has 0 aliphatic carbocycles. The van der Waals surface area contributed by atoms with Gasteiger partial charge in [0.2, 0.25) is 11.8 Å². The Kier molecular flexibility index (Phi) is 6.87. The van der Waals surface area contributed by atoms with E-state index in [4.69, 9.17) is 0 Å². The molecular weight excluding hydrogens is 415 g/mol. The molecule has 1 aliphatic heterocycles. The molecule has 2 N–H and O–H groups in total. The van der Waals surface area contributed by atoms with Gasteiger partial charge in [-0.15, -0.1) is 0 Å². The number of halogens is 1. The van der Waals surface area contributed by atoms with Gasteiger partial charge in [0.05, 0.1) is 6.54 Å². The topological polar surface area (TPSA) is 98.8 Å². The molecule has 2 aromatic carbocycles. The van der Waals surface area contributed by atoms with Crippen molar-refractivity contribution < 1.29 is 23.6 Å². The third kappa shape index (κ3) is 4.93. The molecule has 1 aliphatic rings. The van der Waals surface area contributed by atoms with Crippen LogP contribution in [0.1, 0.15) is 25.0 Å². The lowest BCUT2D eigenvalue weighted by Crippen LogP contribution is -2.47. The van der Waals surface area contributed by atoms with Crippen LogP contribution in [0.5, 0.6) is 0 Å². The molecule has 5 amide bonds. The molecule has 9 heteroatoms. The normalized spacial score (nSPS) is 17.8. The first-order valence-electron chi connectivity index (χ1n) is 10.2. The molecule has 0 saturated carbocycles. The van der Waals surface area contributed by atoms with Gasteiger partial charge in [-0.25, -0.2) is 9.18 Å². The summed E-state index contributed by atoms with van der Waals surface area (Å²) in [5.74, 6) is -1.83. The summed E-state index contributed by atoms with van der Waals surface area (Å²) in [6.45, 7) is 3.01. The number of hydrogen-bond donors (Lipinski definition) is 2. The number of imide groups is 1. The average Bonchev–Trinajstić information content (AvgIpc) is 3.01. The number of nitrogens with zero attached hydrogens (tertiary/aromatic N) is 2. The molecule has 1 saturated heterocycles. The van der Waals surface area contributed by atoms with Crippen molar-refractivity contribution in [2.24, 2.45) is 0 Å². The minimum atomic E-state index is -1.26. The Morgan fingerprint density at radius 3 is 2.38 bits per heavy atom. The lowest BCUT2D eigenvalue weighted by atomic mass is 9.92. The van der Waals surface area contributed by atoms with Crippen LogP contribution in [0.25, 0.3) is 0 Å². The van der Waals surface area contributed by atoms with E-state index in [0.29, 0.717) is 11.1 Å². The zero-order valence-electron chi connectivity index (χ0n) is 17.9. The van der Waals surface area contributed by atoms with Gasteiger partial charge in [0.1, 0.15) is 17.9 Å². The predicted molar refractivity (Wildman–Crippen MR) is 115 cm³/mol. The number of amides is 5. The van der Waals surface area contributed by atoms with Crippen LogP contribution >= 0.6 is 0 Å². The monoisotopic (exact) mass is 440 g/mol. The number of benzene rings is 2. The summed E-state index contributed by atoms with van der Waals surface area (Å²) in [7, 11) is 0. The molecule has 0 radical (unpaired) electrons. The van der Waals surface area contributed by atoms with Gasteiger partial charge in [0.25, 0.3) is 5.91 Å². The highest BCUT2D eigenvalue weighted by Gasteiger charge is 2.49. The van der Waals surface area contributed by atoms with E-state index in [2.05, 4.69) is 10.6 Å². The zero-order valence-corrected chi connectivity index (χ0v) is 17.9. The van der Waals surface area contributed by atoms with Gasteiger partial charge in [-0.3, -0.25) is 19.3 Å². The van der Waals surface area contributed by atoms with Crippen LogP contribution in [0.4, 0.5) is 9.18 Å². The SMILES string of the molecule is CCN(CC(=O)NCc1ccc(F)cc1)C(=O)CN1C(=O)NC(C)(c2ccccc2)C1=O. The Bertz CT molecular complexity index is 1010. The van der Waals surface area contributed by atoms with Gasteiger partial charge in [-0.2, -0.15) is 0 Å². The van der Waals surface area contributed by atoms with Crippen molar-refractivity contribution in [2.45, 2.75) is 25.9 Å². The third-order valence-electron chi connectivity index (χ3n) is 5.39. The second-order valence-electron chi connectivity index (χ2n) is 7.62. The van der Waals surface area contributed by atoms with E-state index >= 15 is 0 Å². The summed E-state index contributed by atoms with van der Waals surface area (Å²) in [6, 6.07) is 13.8. The molecule has 2 aromatic rings. The lowest BCUT2D eigenvalue weighted by molar-refractivity contribution is -0.140. The second-order valence-corrected chi connectivity index (χ2v) is 7.62. The zero-order chi connectivity index (χ0) is 23.3. The number of rotatable bonds is 8. The standard InChI is InChI=1S/C23H25FN4O4/c1-3-27(14-19(29)25-13-16-9-11-18(24)12-10-16)20(30)15-28-21(31)23(2,26-22(28)32)17-7-5-4-6-8-17/h4-12H,3,13-15H2,1-2H3,(H,25,29)(H,26,32). The van der Waals surface area contributed by atoms with Crippen molar-refractivity contribution in [1.82, 2.24) is 20.4 Å². The number of hydrogen-bond acceptors (Lipinski definition) is 4. The van der Waals surface area contributed by atoms with Gasteiger partial charge in [0, 0.05) is 13.1 Å². The Balaban J connectivity index is 1.59. The first-order chi connectivity index (χ1) is 15.2. The number of urea groups is 1. The highest BCUT2D eigenvalue weighted by molar-refractivity contribution is 6.09. The molecule has 1 atom stereocenters. The van der Waals surface area contributed by atoms with Gasteiger partial charge in [-0.1, -0.05) is 42.5 Å². The smallest absolute Gasteiger partial charge is 0.325 e. The second kappa shape index (κ2) is 9.59. The molecule has 8 nitrogen and oxygen atoms in total. The number of nitrogens with one attached hydrogen (secondary N) is 2. The fourth-order valence-electron chi connectivity index (χ4n) is 3.45. The van der Waals surface area contributed by atoms with Crippen LogP contribution in [0, 0.1) is 5.82 Å². The van der Waals surface area contributed by atoms with Crippen LogP contribution in [-0.4, -0.2) is 53.2 Å². The maximum absolute atomic E-state index is 13.0. The molecule has 0 spiro atoms. The number of carbonyl (C=O) groups excluding carboxylic acids is 4. The molecule has 0 bridgehead atoms. The Labute approximate surface area is 185 Å². The summed E-state index contributed by atoms with van der Waals surface area (Å²) in [6.07, 6.45) is 0. The molecule has 3 rings (SSSR count). The Hall–Kier alpha value is -3.75. The molecule has 168 valence electrons. The minimum absolute atomic E-state index is 0.188. The van der Waals surface area contributed by atoms with Crippen LogP contribution in [0.2, 0.25) is 0 Å². The maximum atomic E-state index is 13.0. The van der Waals surface area contributed by atoms with Gasteiger partial charge in [-0.05, 0) is 37.1 Å². The van der Waals surface area contributed by atoms with Crippen molar-refractivity contribution in [1.29, 1.82) is 0 Å². The fourth-order valence-corrected chi connectivity index (χ4v) is 3.45. The first kappa shape index (κ1) is 22.9. The van der Waals surface area contributed by atoms with E-state index in [1.165, 1.54) is 17.0 Å². The van der Waals surface area contributed by atoms with E-state index in [9.17, 15) is 23.6 Å². The van der Waals surface area contributed by atoms with E-state index in [0.717, 1.165) is 4.90 Å². The van der Waals surface area contributed by atoms with Gasteiger partial charge in [0.15, 0.2) is 0 Å². The van der Waals surface area contributed by atoms with Crippen LogP contribution < -0.4 is 10.6 Å². The van der Waals surface area contributed by atoms with Gasteiger partial charge >= 0.3 is 6.03 Å². The molecule has 1 unspecified atom stereocenters. The molecule has 1 heterocycles. The van der Waals surface area contributed by atoms with Crippen molar-refractivity contribution in [3.05, 3.63) is 71.5 Å². The van der Waals surface area contributed by atoms with Crippen molar-refractivity contribution in [2.75, 3.05) is 19.6 Å². The third-order valence-corrected chi connectivity index (χ3v) is 5.39. The predicted octanol–water partition coefficient (Wildman–Crippen LogP) is 1.76. The molecular formula is C23H25FN4O4. The number of carbonyl (C=O) groups is 4. The van der Waals surface area contributed by atoms with E-state index in [1.54, 1.807) is 56.3 Å². The summed E-state index contributed by atoms with van der Waals surface area (Å²) >= 11 is 0. The molecule has 0 aromatic heterocycles. The molecule has 32 heavy (non-hydrogen) atoms. The van der Waals surface area contributed by atoms with Crippen molar-refractivity contribution in [3.63, 3.8) is 0 Å². The summed E-state index contributed by atoms with van der Waals surface area (Å²) in [4.78, 5) is 52.5. The lowest BCUT2D eigenvalue weighted by Gasteiger charge is -2.24. The Morgan fingerprint density at radius 1 is 1.09 bits per heavy atom. The maximum Gasteiger partial charge on any atom is 0.325 e. The van der Waals surface area contributed by atoms with Crippen LogP contribution in [-0.2, 0) is 26.5 Å². The fraction of sp³-hybridized carbons (Fsp3) is 0.304. The highest BCUT2D eigenvalue weighted by atomic mass is 19.1. The largest absolute Gasteiger partial charge is 0.350 e. The van der Waals surface area contributed by atoms with Crippen LogP contribution in [0.15, 0.2) is 54.6 Å². The first-order valence-corrected chi connectivity index (χ1v) is 10.2. The van der Waals surface area contributed by atoms with E-state index < -0.39 is 35.8 Å². The van der Waals surface area contributed by atoms with Gasteiger partial charge < -0.3 is 15.5 Å². The number of likely N-dealkylation sites (N-methyl/N-ethyl adjacent to an activating group) is 1. The molecule has 1 fully saturated rings. The Morgan fingerprint density at radius 2 is 1.75 bits per heavy atom. The quantitative estimate of drug-likeness (QED) is 0.611. The summed E-state index contributed by atoms with van der Waals surface area (Å²) in [5.41, 5.74) is 0.0665. The van der Waals surface area contributed by atoms with Crippen molar-refractivity contribution >= 4 is 23.8 Å². The summed E-state index contributed by atoms with van der Waals surface area (Å²) in [5, 5.41) is 5.32. The average molecular weight is 440 g/mol. The highest BCUT2D eigenvalue weighted by Crippen LogP contribution is 2.28. The van der Waals surface area contributed by atoms with E-state index in [1.807, 2.05) is 0 Å². The van der Waals surface area contributed by atoms with E-state index in [-0.39, 0.29) is 25.5 Å². The van der Waals surface area contributed by atoms with Crippen molar-refractivity contribution in [3.8, 4) is 0 Å². The minimum Gasteiger partial charge on any atom is -0.350 e. The summed E-state index contributed by atoms with van der Waals surface area (Å²) < 4.78 is 13.0. The van der Waals surface area contributed by atoms with Crippen LogP contribution in [0.3, 0.4) is 0 Å².